The smallest absolute Gasteiger partial charge is 0.308 e. The summed E-state index contributed by atoms with van der Waals surface area (Å²) in [5.74, 6) is -2.15. The topological polar surface area (TPSA) is 105 Å². The van der Waals surface area contributed by atoms with Gasteiger partial charge in [0.2, 0.25) is 0 Å². The SMILES string of the molecule is CC(=O)Oc1ccc2ccccc2c1-c1c(OC(C)=O)c(OC(C)=O)c(-c2c(OC(C)=O)ccc3ccccc23)c2ccccc12. The van der Waals surface area contributed by atoms with Crippen molar-refractivity contribution in [2.45, 2.75) is 27.7 Å². The number of carbonyl (C=O) groups is 4. The molecule has 0 bridgehead atoms. The highest BCUT2D eigenvalue weighted by Gasteiger charge is 2.31. The third kappa shape index (κ3) is 5.52. The van der Waals surface area contributed by atoms with Crippen molar-refractivity contribution >= 4 is 56.2 Å². The Kier molecular flexibility index (Phi) is 7.94. The summed E-state index contributed by atoms with van der Waals surface area (Å²) in [7, 11) is 0. The summed E-state index contributed by atoms with van der Waals surface area (Å²) >= 11 is 0. The number of rotatable bonds is 6. The number of hydrogen-bond acceptors (Lipinski definition) is 8. The van der Waals surface area contributed by atoms with Crippen molar-refractivity contribution in [3.63, 3.8) is 0 Å². The number of benzene rings is 6. The van der Waals surface area contributed by atoms with E-state index in [0.29, 0.717) is 43.8 Å². The zero-order valence-corrected chi connectivity index (χ0v) is 25.5. The minimum Gasteiger partial charge on any atom is -0.426 e. The van der Waals surface area contributed by atoms with Gasteiger partial charge in [-0.15, -0.1) is 0 Å². The highest BCUT2D eigenvalue weighted by atomic mass is 16.6. The molecule has 0 atom stereocenters. The fraction of sp³-hybridized carbons (Fsp3) is 0.105. The second-order valence-electron chi connectivity index (χ2n) is 10.6. The molecule has 0 unspecified atom stereocenters. The molecule has 6 rings (SSSR count). The van der Waals surface area contributed by atoms with Gasteiger partial charge in [-0.3, -0.25) is 19.2 Å². The molecule has 0 aliphatic rings. The third-order valence-corrected chi connectivity index (χ3v) is 7.41. The van der Waals surface area contributed by atoms with Gasteiger partial charge in [0.05, 0.1) is 0 Å². The van der Waals surface area contributed by atoms with Crippen molar-refractivity contribution in [1.29, 1.82) is 0 Å². The van der Waals surface area contributed by atoms with Gasteiger partial charge in [0.15, 0.2) is 11.5 Å². The monoisotopic (exact) mass is 612 g/mol. The summed E-state index contributed by atoms with van der Waals surface area (Å²) in [5.41, 5.74) is 1.65. The van der Waals surface area contributed by atoms with Gasteiger partial charge in [0.1, 0.15) is 11.5 Å². The highest BCUT2D eigenvalue weighted by Crippen LogP contribution is 2.56. The second-order valence-corrected chi connectivity index (χ2v) is 10.6. The predicted molar refractivity (Wildman–Crippen MR) is 175 cm³/mol. The van der Waals surface area contributed by atoms with Gasteiger partial charge in [-0.05, 0) is 44.5 Å². The Hall–Kier alpha value is -6.02. The average molecular weight is 613 g/mol. The Morgan fingerprint density at radius 2 is 0.696 bits per heavy atom. The number of carbonyl (C=O) groups excluding carboxylic acids is 4. The van der Waals surface area contributed by atoms with E-state index in [2.05, 4.69) is 0 Å². The highest BCUT2D eigenvalue weighted by molar-refractivity contribution is 6.19. The first-order valence-electron chi connectivity index (χ1n) is 14.5. The summed E-state index contributed by atoms with van der Waals surface area (Å²) in [6, 6.07) is 29.4. The lowest BCUT2D eigenvalue weighted by molar-refractivity contribution is -0.134. The number of ether oxygens (including phenoxy) is 4. The van der Waals surface area contributed by atoms with E-state index in [1.165, 1.54) is 27.7 Å². The van der Waals surface area contributed by atoms with Gasteiger partial charge in [0.25, 0.3) is 0 Å². The van der Waals surface area contributed by atoms with Crippen LogP contribution < -0.4 is 18.9 Å². The Bertz CT molecular complexity index is 2070. The summed E-state index contributed by atoms with van der Waals surface area (Å²) < 4.78 is 23.4. The molecule has 0 aromatic heterocycles. The molecule has 0 aliphatic heterocycles. The minimum absolute atomic E-state index is 0.0668. The molecule has 0 saturated carbocycles. The van der Waals surface area contributed by atoms with Crippen LogP contribution in [-0.4, -0.2) is 23.9 Å². The fourth-order valence-corrected chi connectivity index (χ4v) is 5.87. The van der Waals surface area contributed by atoms with Crippen molar-refractivity contribution in [3.8, 4) is 45.3 Å². The average Bonchev–Trinajstić information content (AvgIpc) is 3.01. The van der Waals surface area contributed by atoms with Gasteiger partial charge < -0.3 is 18.9 Å². The molecule has 6 aromatic rings. The van der Waals surface area contributed by atoms with Crippen LogP contribution >= 0.6 is 0 Å². The summed E-state index contributed by atoms with van der Waals surface area (Å²) in [6.45, 7) is 5.09. The number of hydrogen-bond donors (Lipinski definition) is 0. The third-order valence-electron chi connectivity index (χ3n) is 7.41. The lowest BCUT2D eigenvalue weighted by Gasteiger charge is -2.24. The predicted octanol–water partition coefficient (Wildman–Crippen LogP) is 8.18. The lowest BCUT2D eigenvalue weighted by Crippen LogP contribution is -2.11. The van der Waals surface area contributed by atoms with E-state index in [-0.39, 0.29) is 23.0 Å². The van der Waals surface area contributed by atoms with Crippen LogP contribution in [0.25, 0.3) is 54.6 Å². The largest absolute Gasteiger partial charge is 0.426 e. The molecule has 0 N–H and O–H groups in total. The van der Waals surface area contributed by atoms with E-state index in [9.17, 15) is 19.2 Å². The van der Waals surface area contributed by atoms with Crippen LogP contribution in [-0.2, 0) is 19.2 Å². The zero-order valence-electron chi connectivity index (χ0n) is 25.5. The molecule has 0 saturated heterocycles. The second kappa shape index (κ2) is 12.2. The molecular formula is C38H28O8. The molecule has 46 heavy (non-hydrogen) atoms. The zero-order chi connectivity index (χ0) is 32.5. The van der Waals surface area contributed by atoms with Crippen molar-refractivity contribution in [1.82, 2.24) is 0 Å². The molecule has 0 amide bonds. The molecular weight excluding hydrogens is 584 g/mol. The molecule has 0 radical (unpaired) electrons. The van der Waals surface area contributed by atoms with E-state index in [0.717, 1.165) is 10.8 Å². The maximum atomic E-state index is 12.9. The van der Waals surface area contributed by atoms with Crippen LogP contribution in [0.1, 0.15) is 27.7 Å². The Morgan fingerprint density at radius 1 is 0.370 bits per heavy atom. The molecule has 8 nitrogen and oxygen atoms in total. The first-order chi connectivity index (χ1) is 22.1. The van der Waals surface area contributed by atoms with Gasteiger partial charge in [0, 0.05) is 49.9 Å². The standard InChI is InChI=1S/C38H28O8/c1-21(39)43-31-19-17-25-11-5-7-13-27(25)33(31)35-29-15-9-10-16-30(29)36(38(46-24(4)42)37(35)45-23(3)41)34-28-14-8-6-12-26(28)18-20-32(34)44-22(2)40/h5-20H,1-4H3. The first kappa shape index (κ1) is 30.0. The van der Waals surface area contributed by atoms with Crippen LogP contribution in [0.5, 0.6) is 23.0 Å². The Morgan fingerprint density at radius 3 is 1.04 bits per heavy atom. The van der Waals surface area contributed by atoms with Crippen molar-refractivity contribution < 1.29 is 38.1 Å². The quantitative estimate of drug-likeness (QED) is 0.137. The fourth-order valence-electron chi connectivity index (χ4n) is 5.87. The summed E-state index contributed by atoms with van der Waals surface area (Å²) in [6.07, 6.45) is 0. The first-order valence-corrected chi connectivity index (χ1v) is 14.5. The van der Waals surface area contributed by atoms with Crippen LogP contribution in [0.2, 0.25) is 0 Å². The van der Waals surface area contributed by atoms with Crippen molar-refractivity contribution in [2.75, 3.05) is 0 Å². The molecule has 0 spiro atoms. The van der Waals surface area contributed by atoms with Gasteiger partial charge in [-0.25, -0.2) is 0 Å². The van der Waals surface area contributed by atoms with Crippen LogP contribution in [0.3, 0.4) is 0 Å². The van der Waals surface area contributed by atoms with Gasteiger partial charge >= 0.3 is 23.9 Å². The van der Waals surface area contributed by atoms with Crippen molar-refractivity contribution in [2.24, 2.45) is 0 Å². The molecule has 0 aliphatic carbocycles. The summed E-state index contributed by atoms with van der Waals surface area (Å²) in [5, 5.41) is 4.25. The maximum Gasteiger partial charge on any atom is 0.308 e. The normalized spacial score (nSPS) is 11.0. The molecule has 8 heteroatoms. The van der Waals surface area contributed by atoms with E-state index in [1.54, 1.807) is 12.1 Å². The van der Waals surface area contributed by atoms with E-state index < -0.39 is 23.9 Å². The van der Waals surface area contributed by atoms with Gasteiger partial charge in [-0.1, -0.05) is 84.9 Å². The minimum atomic E-state index is -0.678. The Balaban J connectivity index is 1.89. The molecule has 0 fully saturated rings. The van der Waals surface area contributed by atoms with Crippen molar-refractivity contribution in [3.05, 3.63) is 97.1 Å². The van der Waals surface area contributed by atoms with E-state index in [4.69, 9.17) is 18.9 Å². The van der Waals surface area contributed by atoms with E-state index in [1.807, 2.05) is 84.9 Å². The lowest BCUT2D eigenvalue weighted by atomic mass is 9.86. The van der Waals surface area contributed by atoms with Gasteiger partial charge in [-0.2, -0.15) is 0 Å². The molecule has 228 valence electrons. The van der Waals surface area contributed by atoms with E-state index >= 15 is 0 Å². The molecule has 0 heterocycles. The number of fused-ring (bicyclic) bond motifs is 3. The maximum absolute atomic E-state index is 12.9. The Labute approximate surface area is 264 Å². The number of esters is 4. The molecule has 6 aromatic carbocycles. The van der Waals surface area contributed by atoms with Crippen LogP contribution in [0.4, 0.5) is 0 Å². The van der Waals surface area contributed by atoms with Crippen LogP contribution in [0.15, 0.2) is 97.1 Å². The van der Waals surface area contributed by atoms with Crippen LogP contribution in [0, 0.1) is 0 Å². The summed E-state index contributed by atoms with van der Waals surface area (Å²) in [4.78, 5) is 50.4.